The summed E-state index contributed by atoms with van der Waals surface area (Å²) in [4.78, 5) is 10.9. The van der Waals surface area contributed by atoms with Gasteiger partial charge in [0.2, 0.25) is 15.9 Å². The number of sulfonamides is 1. The summed E-state index contributed by atoms with van der Waals surface area (Å²) in [6, 6.07) is 0.00713. The van der Waals surface area contributed by atoms with Crippen LogP contribution in [-0.2, 0) is 14.8 Å². The summed E-state index contributed by atoms with van der Waals surface area (Å²) in [5, 5.41) is 2.65. The number of nitrogens with zero attached hydrogens (tertiary/aromatic N) is 1. The van der Waals surface area contributed by atoms with E-state index in [1.807, 2.05) is 0 Å². The molecule has 0 radical (unpaired) electrons. The Bertz CT molecular complexity index is 311. The van der Waals surface area contributed by atoms with Crippen molar-refractivity contribution in [2.75, 3.05) is 18.8 Å². The van der Waals surface area contributed by atoms with E-state index < -0.39 is 10.0 Å². The van der Waals surface area contributed by atoms with Crippen molar-refractivity contribution in [2.45, 2.75) is 12.5 Å². The van der Waals surface area contributed by atoms with Gasteiger partial charge in [0.1, 0.15) is 0 Å². The van der Waals surface area contributed by atoms with Crippen molar-refractivity contribution in [1.29, 1.82) is 0 Å². The summed E-state index contributed by atoms with van der Waals surface area (Å²) in [6.45, 7) is 0.477. The van der Waals surface area contributed by atoms with E-state index in [1.54, 1.807) is 0 Å². The first-order valence-electron chi connectivity index (χ1n) is 3.86. The molecule has 0 spiro atoms. The quantitative estimate of drug-likeness (QED) is 0.506. The molecule has 1 amide bonds. The van der Waals surface area contributed by atoms with E-state index in [9.17, 15) is 13.2 Å². The summed E-state index contributed by atoms with van der Waals surface area (Å²) < 4.78 is 23.9. The van der Waals surface area contributed by atoms with Gasteiger partial charge in [0.15, 0.2) is 0 Å². The highest BCUT2D eigenvalue weighted by Gasteiger charge is 2.40. The van der Waals surface area contributed by atoms with Crippen LogP contribution in [0.4, 0.5) is 0 Å². The monoisotopic (exact) mass is 190 g/mol. The van der Waals surface area contributed by atoms with Crippen LogP contribution < -0.4 is 5.32 Å². The molecule has 2 aliphatic heterocycles. The summed E-state index contributed by atoms with van der Waals surface area (Å²) in [6.07, 6.45) is 0.641. The molecule has 6 heteroatoms. The molecule has 5 nitrogen and oxygen atoms in total. The number of rotatable bonds is 0. The molecule has 1 atom stereocenters. The highest BCUT2D eigenvalue weighted by atomic mass is 32.2. The minimum Gasteiger partial charge on any atom is -0.353 e. The number of piperazine rings is 1. The molecular formula is C6H10N2O3S. The van der Waals surface area contributed by atoms with Gasteiger partial charge < -0.3 is 5.32 Å². The van der Waals surface area contributed by atoms with Crippen LogP contribution in [0.3, 0.4) is 0 Å². The Kier molecular flexibility index (Phi) is 1.62. The molecule has 2 heterocycles. The van der Waals surface area contributed by atoms with E-state index in [4.69, 9.17) is 0 Å². The first kappa shape index (κ1) is 8.00. The maximum atomic E-state index is 11.3. The van der Waals surface area contributed by atoms with Crippen molar-refractivity contribution in [3.63, 3.8) is 0 Å². The summed E-state index contributed by atoms with van der Waals surface area (Å²) in [7, 11) is -3.11. The van der Waals surface area contributed by atoms with E-state index >= 15 is 0 Å². The SMILES string of the molecule is O=C1CN2C(CCS2(=O)=O)CN1. The van der Waals surface area contributed by atoms with Crippen molar-refractivity contribution >= 4 is 15.9 Å². The number of hydrogen-bond donors (Lipinski definition) is 1. The minimum atomic E-state index is -3.11. The van der Waals surface area contributed by atoms with Gasteiger partial charge in [-0.1, -0.05) is 0 Å². The zero-order valence-corrected chi connectivity index (χ0v) is 7.30. The lowest BCUT2D eigenvalue weighted by Crippen LogP contribution is -2.52. The molecule has 0 aliphatic carbocycles. The van der Waals surface area contributed by atoms with E-state index in [1.165, 1.54) is 4.31 Å². The van der Waals surface area contributed by atoms with Crippen LogP contribution in [-0.4, -0.2) is 43.5 Å². The Balaban J connectivity index is 2.27. The molecule has 68 valence electrons. The smallest absolute Gasteiger partial charge is 0.235 e. The van der Waals surface area contributed by atoms with E-state index in [0.29, 0.717) is 13.0 Å². The topological polar surface area (TPSA) is 66.5 Å². The van der Waals surface area contributed by atoms with Gasteiger partial charge in [-0.15, -0.1) is 0 Å². The Morgan fingerprint density at radius 3 is 3.00 bits per heavy atom. The molecule has 0 bridgehead atoms. The van der Waals surface area contributed by atoms with E-state index in [-0.39, 0.29) is 24.2 Å². The van der Waals surface area contributed by atoms with Crippen molar-refractivity contribution in [3.05, 3.63) is 0 Å². The largest absolute Gasteiger partial charge is 0.353 e. The first-order chi connectivity index (χ1) is 5.59. The average molecular weight is 190 g/mol. The van der Waals surface area contributed by atoms with Crippen LogP contribution in [0, 0.1) is 0 Å². The van der Waals surface area contributed by atoms with Crippen molar-refractivity contribution < 1.29 is 13.2 Å². The van der Waals surface area contributed by atoms with Gasteiger partial charge in [0, 0.05) is 12.6 Å². The zero-order valence-electron chi connectivity index (χ0n) is 6.49. The number of fused-ring (bicyclic) bond motifs is 1. The highest BCUT2D eigenvalue weighted by molar-refractivity contribution is 7.89. The Morgan fingerprint density at radius 2 is 2.25 bits per heavy atom. The van der Waals surface area contributed by atoms with Crippen LogP contribution in [0.5, 0.6) is 0 Å². The average Bonchev–Trinajstić information content (AvgIpc) is 2.28. The van der Waals surface area contributed by atoms with Crippen LogP contribution in [0.15, 0.2) is 0 Å². The second kappa shape index (κ2) is 2.43. The molecule has 0 aromatic carbocycles. The molecule has 12 heavy (non-hydrogen) atoms. The maximum absolute atomic E-state index is 11.3. The predicted octanol–water partition coefficient (Wildman–Crippen LogP) is -1.48. The third-order valence-corrected chi connectivity index (χ3v) is 4.20. The summed E-state index contributed by atoms with van der Waals surface area (Å²) in [5.41, 5.74) is 0. The van der Waals surface area contributed by atoms with Crippen LogP contribution in [0.25, 0.3) is 0 Å². The molecule has 0 aromatic heterocycles. The third kappa shape index (κ3) is 1.11. The van der Waals surface area contributed by atoms with Gasteiger partial charge in [-0.05, 0) is 6.42 Å². The molecule has 2 saturated heterocycles. The zero-order chi connectivity index (χ0) is 8.77. The molecule has 2 fully saturated rings. The lowest BCUT2D eigenvalue weighted by atomic mass is 10.2. The van der Waals surface area contributed by atoms with E-state index in [2.05, 4.69) is 5.32 Å². The summed E-state index contributed by atoms with van der Waals surface area (Å²) >= 11 is 0. The van der Waals surface area contributed by atoms with Crippen molar-refractivity contribution in [3.8, 4) is 0 Å². The molecular weight excluding hydrogens is 180 g/mol. The molecule has 2 rings (SSSR count). The third-order valence-electron chi connectivity index (χ3n) is 2.31. The maximum Gasteiger partial charge on any atom is 0.235 e. The van der Waals surface area contributed by atoms with Gasteiger partial charge in [-0.3, -0.25) is 4.79 Å². The van der Waals surface area contributed by atoms with E-state index in [0.717, 1.165) is 0 Å². The highest BCUT2D eigenvalue weighted by Crippen LogP contribution is 2.21. The van der Waals surface area contributed by atoms with Crippen LogP contribution in [0.2, 0.25) is 0 Å². The number of carbonyl (C=O) groups excluding carboxylic acids is 1. The number of carbonyl (C=O) groups is 1. The van der Waals surface area contributed by atoms with Crippen molar-refractivity contribution in [1.82, 2.24) is 9.62 Å². The molecule has 1 unspecified atom stereocenters. The standard InChI is InChI=1S/C6H10N2O3S/c9-6-4-8-5(3-7-6)1-2-12(8,10)11/h5H,1-4H2,(H,7,9). The second-order valence-electron chi connectivity index (χ2n) is 3.11. The second-order valence-corrected chi connectivity index (χ2v) is 5.15. The van der Waals surface area contributed by atoms with Crippen LogP contribution >= 0.6 is 0 Å². The Labute approximate surface area is 70.8 Å². The number of amides is 1. The first-order valence-corrected chi connectivity index (χ1v) is 5.47. The lowest BCUT2D eigenvalue weighted by Gasteiger charge is -2.27. The Morgan fingerprint density at radius 1 is 1.50 bits per heavy atom. The van der Waals surface area contributed by atoms with Crippen molar-refractivity contribution in [2.24, 2.45) is 0 Å². The molecule has 0 saturated carbocycles. The predicted molar refractivity (Wildman–Crippen MR) is 41.9 cm³/mol. The number of hydrogen-bond acceptors (Lipinski definition) is 3. The van der Waals surface area contributed by atoms with Gasteiger partial charge in [-0.2, -0.15) is 4.31 Å². The Hall–Kier alpha value is -0.620. The lowest BCUT2D eigenvalue weighted by molar-refractivity contribution is -0.123. The molecule has 1 N–H and O–H groups in total. The number of nitrogens with one attached hydrogen (secondary N) is 1. The fraction of sp³-hybridized carbons (Fsp3) is 0.833. The molecule has 2 aliphatic rings. The van der Waals surface area contributed by atoms with Gasteiger partial charge in [-0.25, -0.2) is 8.42 Å². The normalized spacial score (nSPS) is 34.3. The summed E-state index contributed by atoms with van der Waals surface area (Å²) in [5.74, 6) is -0.0103. The fourth-order valence-corrected chi connectivity index (χ4v) is 3.39. The minimum absolute atomic E-state index is 0.00694. The van der Waals surface area contributed by atoms with Gasteiger partial charge in [0.05, 0.1) is 12.3 Å². The fourth-order valence-electron chi connectivity index (χ4n) is 1.63. The van der Waals surface area contributed by atoms with Gasteiger partial charge in [0.25, 0.3) is 0 Å². The molecule has 0 aromatic rings. The van der Waals surface area contributed by atoms with Gasteiger partial charge >= 0.3 is 0 Å². The van der Waals surface area contributed by atoms with Crippen LogP contribution in [0.1, 0.15) is 6.42 Å².